The second kappa shape index (κ2) is 15.1. The number of aromatic nitrogens is 3. The van der Waals surface area contributed by atoms with Crippen LogP contribution in [0.3, 0.4) is 0 Å². The molecule has 1 radical (unpaired) electrons. The van der Waals surface area contributed by atoms with Gasteiger partial charge in [0.1, 0.15) is 10.6 Å². The molecule has 0 bridgehead atoms. The van der Waals surface area contributed by atoms with Crippen molar-refractivity contribution in [1.29, 1.82) is 0 Å². The molecule has 0 amide bonds. The summed E-state index contributed by atoms with van der Waals surface area (Å²) < 4.78 is 38.5. The van der Waals surface area contributed by atoms with E-state index in [1.54, 1.807) is 12.1 Å². The Kier molecular flexibility index (Phi) is 9.90. The van der Waals surface area contributed by atoms with Gasteiger partial charge in [-0.15, -0.1) is 59.7 Å². The molecule has 7 rings (SSSR count). The molecule has 0 spiro atoms. The average Bonchev–Trinajstić information content (AvgIpc) is 3.46. The molecule has 3 aromatic carbocycles. The Hall–Kier alpha value is -3.87. The first kappa shape index (κ1) is 31.4. The molecule has 0 saturated heterocycles. The van der Waals surface area contributed by atoms with E-state index in [4.69, 9.17) is 4.11 Å². The van der Waals surface area contributed by atoms with Gasteiger partial charge in [-0.25, -0.2) is 9.37 Å². The van der Waals surface area contributed by atoms with Crippen LogP contribution in [0.2, 0.25) is 19.6 Å². The standard InChI is InChI=1S/C23H14FN2S.C18H24NSi.Ir/c1-14-10-11-17-16-8-5-9-18(22(16)27-23(17)26-14)21-12-20(24)19(13-25-21)15-6-3-2-4-7-15;1-14(2)11-16-12-17(15-9-7-6-8-10-15)19-13-18(16)20(3,4)5;/h2-8,10-13H,1H3;6-9,12-14H,11H2,1-5H3;/q2*-1;/i1D3;;. The molecule has 0 saturated carbocycles. The summed E-state index contributed by atoms with van der Waals surface area (Å²) in [5, 5.41) is 3.27. The molecule has 0 N–H and O–H groups in total. The summed E-state index contributed by atoms with van der Waals surface area (Å²) in [7, 11) is -1.34. The van der Waals surface area contributed by atoms with Crippen LogP contribution < -0.4 is 5.19 Å². The van der Waals surface area contributed by atoms with Gasteiger partial charge in [0.25, 0.3) is 0 Å². The number of pyridine rings is 3. The van der Waals surface area contributed by atoms with Gasteiger partial charge in [-0.2, -0.15) is 11.3 Å². The van der Waals surface area contributed by atoms with E-state index in [1.165, 1.54) is 40.4 Å². The predicted octanol–water partition coefficient (Wildman–Crippen LogP) is 10.7. The van der Waals surface area contributed by atoms with Crippen LogP contribution in [0, 0.1) is 30.7 Å². The molecule has 0 fully saturated rings. The van der Waals surface area contributed by atoms with E-state index >= 15 is 0 Å². The van der Waals surface area contributed by atoms with Gasteiger partial charge < -0.3 is 9.97 Å². The van der Waals surface area contributed by atoms with Crippen LogP contribution >= 0.6 is 11.3 Å². The van der Waals surface area contributed by atoms with E-state index in [2.05, 4.69) is 78.9 Å². The first-order valence-electron chi connectivity index (χ1n) is 17.2. The van der Waals surface area contributed by atoms with E-state index in [0.717, 1.165) is 38.7 Å². The van der Waals surface area contributed by atoms with Crippen LogP contribution in [-0.4, -0.2) is 23.0 Å². The van der Waals surface area contributed by atoms with Crippen molar-refractivity contribution in [3.8, 4) is 33.6 Å². The number of thiophene rings is 1. The van der Waals surface area contributed by atoms with Crippen LogP contribution in [0.25, 0.3) is 53.9 Å². The van der Waals surface area contributed by atoms with E-state index in [-0.39, 0.29) is 31.6 Å². The molecule has 0 atom stereocenters. The van der Waals surface area contributed by atoms with Crippen molar-refractivity contribution in [2.45, 2.75) is 46.8 Å². The maximum Gasteiger partial charge on any atom is 0.125 e. The van der Waals surface area contributed by atoms with Crippen molar-refractivity contribution in [1.82, 2.24) is 15.0 Å². The summed E-state index contributed by atoms with van der Waals surface area (Å²) in [4.78, 5) is 14.1. The Morgan fingerprint density at radius 3 is 2.31 bits per heavy atom. The molecule has 245 valence electrons. The van der Waals surface area contributed by atoms with Gasteiger partial charge in [-0.3, -0.25) is 0 Å². The summed E-state index contributed by atoms with van der Waals surface area (Å²) in [6.07, 6.45) is 4.77. The van der Waals surface area contributed by atoms with Crippen LogP contribution in [-0.2, 0) is 26.5 Å². The van der Waals surface area contributed by atoms with Crippen LogP contribution in [0.4, 0.5) is 4.39 Å². The number of benzene rings is 3. The number of halogens is 1. The summed E-state index contributed by atoms with van der Waals surface area (Å²) in [5.74, 6) is 0.306. The van der Waals surface area contributed by atoms with Gasteiger partial charge in [0.15, 0.2) is 0 Å². The van der Waals surface area contributed by atoms with Crippen molar-refractivity contribution < 1.29 is 28.6 Å². The van der Waals surface area contributed by atoms with Crippen molar-refractivity contribution in [2.24, 2.45) is 5.92 Å². The molecule has 0 aliphatic heterocycles. The number of hydrogen-bond donors (Lipinski definition) is 0. The van der Waals surface area contributed by atoms with Crippen LogP contribution in [0.15, 0.2) is 103 Å². The van der Waals surface area contributed by atoms with E-state index in [9.17, 15) is 4.39 Å². The normalized spacial score (nSPS) is 12.5. The van der Waals surface area contributed by atoms with Gasteiger partial charge >= 0.3 is 0 Å². The maximum atomic E-state index is 14.9. The largest absolute Gasteiger partial charge is 0.305 e. The summed E-state index contributed by atoms with van der Waals surface area (Å²) in [5.41, 5.74) is 6.00. The number of fused-ring (bicyclic) bond motifs is 3. The predicted molar refractivity (Wildman–Crippen MR) is 199 cm³/mol. The zero-order valence-corrected chi connectivity index (χ0v) is 31.8. The number of nitrogens with zero attached hydrogens (tertiary/aromatic N) is 3. The Morgan fingerprint density at radius 1 is 0.854 bits per heavy atom. The molecular formula is C41H38FIrN3SSi-2. The van der Waals surface area contributed by atoms with Crippen LogP contribution in [0.5, 0.6) is 0 Å². The zero-order chi connectivity index (χ0) is 35.6. The van der Waals surface area contributed by atoms with Gasteiger partial charge in [-0.05, 0) is 63.5 Å². The monoisotopic (exact) mass is 847 g/mol. The summed E-state index contributed by atoms with van der Waals surface area (Å²) in [6.45, 7) is 9.47. The molecule has 3 nitrogen and oxygen atoms in total. The quantitative estimate of drug-likeness (QED) is 0.124. The number of hydrogen-bond acceptors (Lipinski definition) is 4. The fourth-order valence-electron chi connectivity index (χ4n) is 5.69. The molecule has 48 heavy (non-hydrogen) atoms. The topological polar surface area (TPSA) is 38.7 Å². The number of aryl methyl sites for hydroxylation is 1. The molecule has 0 aliphatic rings. The van der Waals surface area contributed by atoms with Gasteiger partial charge in [-0.1, -0.05) is 86.9 Å². The molecular weight excluding hydrogens is 806 g/mol. The van der Waals surface area contributed by atoms with E-state index in [1.807, 2.05) is 54.6 Å². The second-order valence-corrected chi connectivity index (χ2v) is 19.1. The molecule has 7 aromatic rings. The van der Waals surface area contributed by atoms with E-state index in [0.29, 0.717) is 27.6 Å². The first-order chi connectivity index (χ1) is 23.8. The average molecular weight is 847 g/mol. The fourth-order valence-corrected chi connectivity index (χ4v) is 8.46. The second-order valence-electron chi connectivity index (χ2n) is 13.0. The van der Waals surface area contributed by atoms with Gasteiger partial charge in [0, 0.05) is 47.9 Å². The molecule has 0 unspecified atom stereocenters. The minimum absolute atomic E-state index is 0. The third kappa shape index (κ3) is 7.87. The van der Waals surface area contributed by atoms with Crippen molar-refractivity contribution in [2.75, 3.05) is 0 Å². The SMILES string of the molecule is CC(C)Cc1cc(-c2[c-]cccc2)ncc1[Si](C)(C)C.[2H]C([2H])([2H])c1ccc2c(n1)sc1c(-c3cc(F)c(-c4ccccc4)cn3)[c-]ccc12.[Ir]. The first-order valence-corrected chi connectivity index (χ1v) is 20.0. The minimum atomic E-state index is -2.27. The Labute approximate surface area is 305 Å². The molecule has 7 heteroatoms. The summed E-state index contributed by atoms with van der Waals surface area (Å²) in [6, 6.07) is 34.5. The third-order valence-electron chi connectivity index (χ3n) is 7.90. The minimum Gasteiger partial charge on any atom is -0.305 e. The third-order valence-corrected chi connectivity index (χ3v) is 11.1. The Morgan fingerprint density at radius 2 is 1.62 bits per heavy atom. The molecule has 0 aliphatic carbocycles. The Bertz CT molecular complexity index is 2270. The number of rotatable bonds is 6. The maximum absolute atomic E-state index is 14.9. The smallest absolute Gasteiger partial charge is 0.125 e. The summed E-state index contributed by atoms with van der Waals surface area (Å²) >= 11 is 1.37. The van der Waals surface area contributed by atoms with Crippen LogP contribution in [0.1, 0.15) is 29.2 Å². The fraction of sp³-hybridized carbons (Fsp3) is 0.195. The van der Waals surface area contributed by atoms with Crippen molar-refractivity contribution >= 4 is 44.9 Å². The van der Waals surface area contributed by atoms with Crippen molar-refractivity contribution in [3.63, 3.8) is 0 Å². The van der Waals surface area contributed by atoms with Crippen molar-refractivity contribution in [3.05, 3.63) is 133 Å². The van der Waals surface area contributed by atoms with Gasteiger partial charge in [0.2, 0.25) is 0 Å². The van der Waals surface area contributed by atoms with Gasteiger partial charge in [0.05, 0.1) is 8.07 Å². The molecule has 4 aromatic heterocycles. The zero-order valence-electron chi connectivity index (χ0n) is 30.6. The molecule has 4 heterocycles. The Balaban J connectivity index is 0.000000211. The van der Waals surface area contributed by atoms with E-state index < -0.39 is 14.9 Å².